The van der Waals surface area contributed by atoms with Crippen molar-refractivity contribution in [3.63, 3.8) is 0 Å². The molecule has 0 radical (unpaired) electrons. The average Bonchev–Trinajstić information content (AvgIpc) is 2.82. The Bertz CT molecular complexity index is 759. The third-order valence-corrected chi connectivity index (χ3v) is 3.20. The van der Waals surface area contributed by atoms with Crippen LogP contribution in [0.4, 0.5) is 4.39 Å². The van der Waals surface area contributed by atoms with Crippen LogP contribution in [0.1, 0.15) is 0 Å². The van der Waals surface area contributed by atoms with Gasteiger partial charge >= 0.3 is 0 Å². The number of halogens is 1. The predicted octanol–water partition coefficient (Wildman–Crippen LogP) is 4.34. The topological polar surface area (TPSA) is 20.7 Å². The van der Waals surface area contributed by atoms with E-state index in [-0.39, 0.29) is 5.82 Å². The summed E-state index contributed by atoms with van der Waals surface area (Å²) in [5.74, 6) is -0.305. The van der Waals surface area contributed by atoms with E-state index >= 15 is 0 Å². The summed E-state index contributed by atoms with van der Waals surface area (Å²) < 4.78 is 15.9. The molecular weight excluding hydrogens is 259 g/mol. The Morgan fingerprint density at radius 3 is 2.37 bits per heavy atom. The Labute approximate surface area is 115 Å². The molecule has 3 rings (SSSR count). The molecule has 19 heavy (non-hydrogen) atoms. The zero-order valence-corrected chi connectivity index (χ0v) is 10.8. The molecule has 0 fully saturated rings. The predicted molar refractivity (Wildman–Crippen MR) is 76.3 cm³/mol. The van der Waals surface area contributed by atoms with Gasteiger partial charge in [-0.15, -0.1) is 0 Å². The van der Waals surface area contributed by atoms with Crippen molar-refractivity contribution in [3.8, 4) is 16.9 Å². The second-order valence-electron chi connectivity index (χ2n) is 4.16. The number of nitrogens with one attached hydrogen (secondary N) is 1. The fourth-order valence-electron chi connectivity index (χ4n) is 1.97. The molecule has 0 aliphatic rings. The minimum atomic E-state index is -0.305. The molecule has 0 aliphatic carbocycles. The van der Waals surface area contributed by atoms with Crippen LogP contribution in [0.25, 0.3) is 16.9 Å². The van der Waals surface area contributed by atoms with Crippen LogP contribution in [-0.4, -0.2) is 9.78 Å². The van der Waals surface area contributed by atoms with Gasteiger partial charge in [0, 0.05) is 6.07 Å². The third kappa shape index (κ3) is 2.22. The molecule has 0 unspecified atom stereocenters. The molecule has 2 aromatic carbocycles. The molecule has 4 heteroatoms. The van der Waals surface area contributed by atoms with Gasteiger partial charge in [-0.25, -0.2) is 9.07 Å². The summed E-state index contributed by atoms with van der Waals surface area (Å²) in [5, 5.41) is 3.13. The van der Waals surface area contributed by atoms with Crippen LogP contribution >= 0.6 is 12.2 Å². The standard InChI is InChI=1S/C15H11FN2S/c16-12-8-4-5-9-14(12)18-15(19)10-13(17-18)11-6-2-1-3-7-11/h1-10,17H. The fraction of sp³-hybridized carbons (Fsp3) is 0. The minimum absolute atomic E-state index is 0.305. The number of benzene rings is 2. The number of aromatic nitrogens is 2. The van der Waals surface area contributed by atoms with Crippen molar-refractivity contribution < 1.29 is 4.39 Å². The number of aromatic amines is 1. The van der Waals surface area contributed by atoms with Crippen molar-refractivity contribution in [1.29, 1.82) is 0 Å². The van der Waals surface area contributed by atoms with Crippen LogP contribution in [0.3, 0.4) is 0 Å². The number of para-hydroxylation sites is 1. The van der Waals surface area contributed by atoms with Gasteiger partial charge in [0.1, 0.15) is 10.5 Å². The van der Waals surface area contributed by atoms with Crippen LogP contribution in [0.5, 0.6) is 0 Å². The van der Waals surface area contributed by atoms with E-state index in [1.54, 1.807) is 22.9 Å². The van der Waals surface area contributed by atoms with E-state index in [2.05, 4.69) is 5.10 Å². The maximum absolute atomic E-state index is 13.8. The summed E-state index contributed by atoms with van der Waals surface area (Å²) in [7, 11) is 0. The maximum atomic E-state index is 13.8. The lowest BCUT2D eigenvalue weighted by atomic mass is 10.2. The SMILES string of the molecule is Fc1ccccc1-n1[nH]c(-c2ccccc2)cc1=S. The van der Waals surface area contributed by atoms with Crippen molar-refractivity contribution in [2.45, 2.75) is 0 Å². The van der Waals surface area contributed by atoms with Gasteiger partial charge < -0.3 is 0 Å². The molecule has 0 bridgehead atoms. The highest BCUT2D eigenvalue weighted by atomic mass is 32.1. The Morgan fingerprint density at radius 2 is 1.63 bits per heavy atom. The Kier molecular flexibility index (Phi) is 3.01. The lowest BCUT2D eigenvalue weighted by Crippen LogP contribution is -1.99. The van der Waals surface area contributed by atoms with E-state index in [0.717, 1.165) is 11.3 Å². The van der Waals surface area contributed by atoms with Crippen LogP contribution in [-0.2, 0) is 0 Å². The lowest BCUT2D eigenvalue weighted by molar-refractivity contribution is 0.610. The van der Waals surface area contributed by atoms with Gasteiger partial charge in [0.05, 0.1) is 11.4 Å². The first-order chi connectivity index (χ1) is 9.25. The number of hydrogen-bond donors (Lipinski definition) is 1. The molecule has 94 valence electrons. The average molecular weight is 270 g/mol. The first-order valence-corrected chi connectivity index (χ1v) is 6.29. The highest BCUT2D eigenvalue weighted by Crippen LogP contribution is 2.20. The van der Waals surface area contributed by atoms with Gasteiger partial charge in [0.15, 0.2) is 0 Å². The second-order valence-corrected chi connectivity index (χ2v) is 4.58. The normalized spacial score (nSPS) is 10.6. The highest BCUT2D eigenvalue weighted by Gasteiger charge is 2.07. The summed E-state index contributed by atoms with van der Waals surface area (Å²) in [4.78, 5) is 0. The molecule has 0 saturated heterocycles. The minimum Gasteiger partial charge on any atom is -0.292 e. The van der Waals surface area contributed by atoms with E-state index in [1.807, 2.05) is 36.4 Å². The summed E-state index contributed by atoms with van der Waals surface area (Å²) in [5.41, 5.74) is 2.31. The maximum Gasteiger partial charge on any atom is 0.148 e. The quantitative estimate of drug-likeness (QED) is 0.687. The van der Waals surface area contributed by atoms with E-state index < -0.39 is 0 Å². The van der Waals surface area contributed by atoms with E-state index in [1.165, 1.54) is 6.07 Å². The molecule has 3 aromatic rings. The third-order valence-electron chi connectivity index (χ3n) is 2.90. The zero-order valence-electron chi connectivity index (χ0n) is 10.0. The van der Waals surface area contributed by atoms with E-state index in [4.69, 9.17) is 12.2 Å². The molecule has 1 aromatic heterocycles. The van der Waals surface area contributed by atoms with Crippen LogP contribution < -0.4 is 0 Å². The van der Waals surface area contributed by atoms with Gasteiger partial charge in [-0.1, -0.05) is 54.7 Å². The van der Waals surface area contributed by atoms with Gasteiger partial charge in [0.25, 0.3) is 0 Å². The Morgan fingerprint density at radius 1 is 0.947 bits per heavy atom. The molecular formula is C15H11FN2S. The van der Waals surface area contributed by atoms with Crippen molar-refractivity contribution >= 4 is 12.2 Å². The van der Waals surface area contributed by atoms with Crippen LogP contribution in [0.2, 0.25) is 0 Å². The van der Waals surface area contributed by atoms with Gasteiger partial charge in [-0.3, -0.25) is 5.10 Å². The van der Waals surface area contributed by atoms with Crippen molar-refractivity contribution in [3.05, 3.63) is 71.1 Å². The highest BCUT2D eigenvalue weighted by molar-refractivity contribution is 7.71. The van der Waals surface area contributed by atoms with Crippen molar-refractivity contribution in [1.82, 2.24) is 9.78 Å². The molecule has 1 heterocycles. The van der Waals surface area contributed by atoms with Gasteiger partial charge in [-0.05, 0) is 17.7 Å². The lowest BCUT2D eigenvalue weighted by Gasteiger charge is -2.04. The monoisotopic (exact) mass is 270 g/mol. The molecule has 2 nitrogen and oxygen atoms in total. The Balaban J connectivity index is 2.14. The molecule has 0 amide bonds. The molecule has 0 aliphatic heterocycles. The fourth-order valence-corrected chi connectivity index (χ4v) is 2.24. The largest absolute Gasteiger partial charge is 0.292 e. The number of hydrogen-bond acceptors (Lipinski definition) is 1. The molecule has 1 N–H and O–H groups in total. The number of nitrogens with zero attached hydrogens (tertiary/aromatic N) is 1. The van der Waals surface area contributed by atoms with Crippen LogP contribution in [0.15, 0.2) is 60.7 Å². The second kappa shape index (κ2) is 4.82. The summed E-state index contributed by atoms with van der Waals surface area (Å²) in [6.07, 6.45) is 0. The molecule has 0 atom stereocenters. The van der Waals surface area contributed by atoms with Gasteiger partial charge in [0.2, 0.25) is 0 Å². The molecule has 0 saturated carbocycles. The zero-order chi connectivity index (χ0) is 13.2. The summed E-state index contributed by atoms with van der Waals surface area (Å²) in [6.45, 7) is 0. The first-order valence-electron chi connectivity index (χ1n) is 5.88. The van der Waals surface area contributed by atoms with Gasteiger partial charge in [-0.2, -0.15) is 0 Å². The summed E-state index contributed by atoms with van der Waals surface area (Å²) >= 11 is 5.28. The van der Waals surface area contributed by atoms with E-state index in [9.17, 15) is 4.39 Å². The van der Waals surface area contributed by atoms with Crippen molar-refractivity contribution in [2.75, 3.05) is 0 Å². The van der Waals surface area contributed by atoms with Crippen LogP contribution in [0, 0.1) is 10.5 Å². The Hall–Kier alpha value is -2.20. The number of H-pyrrole nitrogens is 1. The summed E-state index contributed by atoms with van der Waals surface area (Å²) in [6, 6.07) is 18.2. The first kappa shape index (κ1) is 11.9. The smallest absolute Gasteiger partial charge is 0.148 e. The number of rotatable bonds is 2. The van der Waals surface area contributed by atoms with E-state index in [0.29, 0.717) is 10.3 Å². The van der Waals surface area contributed by atoms with Crippen molar-refractivity contribution in [2.24, 2.45) is 0 Å². The molecule has 0 spiro atoms.